The third-order valence-electron chi connectivity index (χ3n) is 8.68. The van der Waals surface area contributed by atoms with Crippen LogP contribution in [0.1, 0.15) is 60.4 Å². The molecule has 6 nitrogen and oxygen atoms in total. The van der Waals surface area contributed by atoms with E-state index in [1.165, 1.54) is 6.42 Å². The highest BCUT2D eigenvalue weighted by atomic mass is 35.5. The number of likely N-dealkylation sites (N-methyl/N-ethyl adjacent to an activating group) is 2. The highest BCUT2D eigenvalue weighted by Crippen LogP contribution is 2.35. The number of hydrogen-bond acceptors (Lipinski definition) is 4. The van der Waals surface area contributed by atoms with Gasteiger partial charge in [-0.3, -0.25) is 14.5 Å². The van der Waals surface area contributed by atoms with Crippen molar-refractivity contribution in [2.75, 3.05) is 60.4 Å². The lowest BCUT2D eigenvalue weighted by Gasteiger charge is -2.50. The van der Waals surface area contributed by atoms with Crippen molar-refractivity contribution >= 4 is 58.2 Å². The quantitative estimate of drug-likeness (QED) is 0.297. The smallest absolute Gasteiger partial charge is 0.256 e. The fourth-order valence-electron chi connectivity index (χ4n) is 6.32. The fraction of sp³-hybridized carbons (Fsp3) is 0.548. The molecule has 2 amide bonds. The molecule has 2 heterocycles. The fourth-order valence-corrected chi connectivity index (χ4v) is 7.19. The van der Waals surface area contributed by atoms with Gasteiger partial charge in [0.1, 0.15) is 5.54 Å². The van der Waals surface area contributed by atoms with Crippen molar-refractivity contribution in [3.05, 3.63) is 67.6 Å². The molecular formula is C31H40Cl4N4O2. The maximum absolute atomic E-state index is 13.5. The first-order chi connectivity index (χ1) is 19.5. The molecule has 0 aliphatic carbocycles. The van der Waals surface area contributed by atoms with E-state index in [4.69, 9.17) is 46.4 Å². The van der Waals surface area contributed by atoms with Crippen LogP contribution in [0.4, 0.5) is 0 Å². The molecule has 2 saturated heterocycles. The lowest BCUT2D eigenvalue weighted by molar-refractivity contribution is -0.147. The summed E-state index contributed by atoms with van der Waals surface area (Å²) in [5.74, 6) is 0.0143. The molecule has 2 aromatic carbocycles. The Morgan fingerprint density at radius 2 is 1.49 bits per heavy atom. The second-order valence-corrected chi connectivity index (χ2v) is 13.2. The predicted octanol–water partition coefficient (Wildman–Crippen LogP) is 6.95. The third-order valence-corrected chi connectivity index (χ3v) is 10.0. The SMILES string of the molecule is CN(C)C(=O)C1(N2CCCCC2)CCN(CCC(CN(C)C(=O)c2c(Cl)cccc2Cl)c2ccc(Cl)c(Cl)c2)CC1. The summed E-state index contributed by atoms with van der Waals surface area (Å²) in [6.45, 7) is 5.00. The van der Waals surface area contributed by atoms with E-state index in [1.807, 2.05) is 26.2 Å². The number of carbonyl (C=O) groups is 2. The zero-order valence-corrected chi connectivity index (χ0v) is 27.2. The summed E-state index contributed by atoms with van der Waals surface area (Å²) >= 11 is 25.3. The highest BCUT2D eigenvalue weighted by molar-refractivity contribution is 6.42. The van der Waals surface area contributed by atoms with Crippen LogP contribution in [0.5, 0.6) is 0 Å². The largest absolute Gasteiger partial charge is 0.347 e. The molecule has 224 valence electrons. The van der Waals surface area contributed by atoms with Gasteiger partial charge >= 0.3 is 0 Å². The molecule has 0 N–H and O–H groups in total. The van der Waals surface area contributed by atoms with Crippen LogP contribution in [0.25, 0.3) is 0 Å². The van der Waals surface area contributed by atoms with E-state index in [9.17, 15) is 9.59 Å². The zero-order chi connectivity index (χ0) is 29.7. The first-order valence-corrected chi connectivity index (χ1v) is 15.9. The van der Waals surface area contributed by atoms with Gasteiger partial charge in [-0.25, -0.2) is 0 Å². The Labute approximate surface area is 264 Å². The highest BCUT2D eigenvalue weighted by Gasteiger charge is 2.47. The molecule has 0 spiro atoms. The number of benzene rings is 2. The number of rotatable bonds is 9. The average molecular weight is 642 g/mol. The molecule has 0 radical (unpaired) electrons. The number of piperidine rings is 2. The molecule has 1 atom stereocenters. The van der Waals surface area contributed by atoms with Gasteiger partial charge in [0.15, 0.2) is 0 Å². The minimum atomic E-state index is -0.412. The molecule has 1 unspecified atom stereocenters. The predicted molar refractivity (Wildman–Crippen MR) is 170 cm³/mol. The van der Waals surface area contributed by atoms with Crippen molar-refractivity contribution in [1.29, 1.82) is 0 Å². The second-order valence-electron chi connectivity index (χ2n) is 11.6. The maximum Gasteiger partial charge on any atom is 0.256 e. The van der Waals surface area contributed by atoms with Crippen LogP contribution < -0.4 is 0 Å². The maximum atomic E-state index is 13.5. The van der Waals surface area contributed by atoms with E-state index < -0.39 is 5.54 Å². The first kappa shape index (κ1) is 32.4. The van der Waals surface area contributed by atoms with Crippen molar-refractivity contribution in [3.63, 3.8) is 0 Å². The van der Waals surface area contributed by atoms with E-state index in [0.717, 1.165) is 70.4 Å². The number of carbonyl (C=O) groups excluding carboxylic acids is 2. The van der Waals surface area contributed by atoms with Gasteiger partial charge in [-0.15, -0.1) is 0 Å². The minimum Gasteiger partial charge on any atom is -0.347 e. The lowest BCUT2D eigenvalue weighted by atomic mass is 9.82. The van der Waals surface area contributed by atoms with Crippen LogP contribution in [0, 0.1) is 0 Å². The van der Waals surface area contributed by atoms with Gasteiger partial charge < -0.3 is 14.7 Å². The van der Waals surface area contributed by atoms with Crippen molar-refractivity contribution in [2.24, 2.45) is 0 Å². The van der Waals surface area contributed by atoms with Gasteiger partial charge in [-0.05, 0) is 81.6 Å². The Kier molecular flexibility index (Phi) is 11.3. The number of nitrogens with zero attached hydrogens (tertiary/aromatic N) is 4. The first-order valence-electron chi connectivity index (χ1n) is 14.4. The summed E-state index contributed by atoms with van der Waals surface area (Å²) in [6.07, 6.45) is 6.01. The van der Waals surface area contributed by atoms with Crippen molar-refractivity contribution < 1.29 is 9.59 Å². The molecule has 41 heavy (non-hydrogen) atoms. The Balaban J connectivity index is 1.47. The van der Waals surface area contributed by atoms with Gasteiger partial charge in [0, 0.05) is 46.7 Å². The third kappa shape index (κ3) is 7.52. The molecule has 10 heteroatoms. The Morgan fingerprint density at radius 1 is 0.854 bits per heavy atom. The summed E-state index contributed by atoms with van der Waals surface area (Å²) in [7, 11) is 5.51. The summed E-state index contributed by atoms with van der Waals surface area (Å²) in [5.41, 5.74) is 0.915. The molecule has 2 aliphatic rings. The summed E-state index contributed by atoms with van der Waals surface area (Å²) in [5, 5.41) is 1.65. The monoisotopic (exact) mass is 640 g/mol. The topological polar surface area (TPSA) is 47.1 Å². The number of amides is 2. The van der Waals surface area contributed by atoms with Crippen LogP contribution in [0.3, 0.4) is 0 Å². The number of halogens is 4. The van der Waals surface area contributed by atoms with E-state index in [1.54, 1.807) is 41.1 Å². The summed E-state index contributed by atoms with van der Waals surface area (Å²) < 4.78 is 0. The molecule has 2 aromatic rings. The molecule has 2 aliphatic heterocycles. The Hall–Kier alpha value is -1.54. The molecule has 0 bridgehead atoms. The van der Waals surface area contributed by atoms with E-state index >= 15 is 0 Å². The van der Waals surface area contributed by atoms with E-state index in [2.05, 4.69) is 9.80 Å². The molecular weight excluding hydrogens is 602 g/mol. The van der Waals surface area contributed by atoms with Crippen molar-refractivity contribution in [2.45, 2.75) is 50.0 Å². The van der Waals surface area contributed by atoms with Gasteiger partial charge in [0.25, 0.3) is 5.91 Å². The van der Waals surface area contributed by atoms with Crippen LogP contribution >= 0.6 is 46.4 Å². The summed E-state index contributed by atoms with van der Waals surface area (Å²) in [6, 6.07) is 10.7. The molecule has 2 fully saturated rings. The number of likely N-dealkylation sites (tertiary alicyclic amines) is 2. The van der Waals surface area contributed by atoms with Crippen LogP contribution in [-0.4, -0.2) is 97.4 Å². The summed E-state index contributed by atoms with van der Waals surface area (Å²) in [4.78, 5) is 35.2. The van der Waals surface area contributed by atoms with Gasteiger partial charge in [0.05, 0.1) is 25.7 Å². The Bertz CT molecular complexity index is 1210. The van der Waals surface area contributed by atoms with E-state index in [0.29, 0.717) is 32.2 Å². The van der Waals surface area contributed by atoms with Crippen LogP contribution in [-0.2, 0) is 4.79 Å². The van der Waals surface area contributed by atoms with Crippen molar-refractivity contribution in [1.82, 2.24) is 19.6 Å². The van der Waals surface area contributed by atoms with Crippen LogP contribution in [0.15, 0.2) is 36.4 Å². The number of hydrogen-bond donors (Lipinski definition) is 0. The minimum absolute atomic E-state index is 0.0113. The molecule has 0 saturated carbocycles. The van der Waals surface area contributed by atoms with Crippen LogP contribution in [0.2, 0.25) is 20.1 Å². The van der Waals surface area contributed by atoms with Gasteiger partial charge in [-0.1, -0.05) is 65.0 Å². The Morgan fingerprint density at radius 3 is 2.07 bits per heavy atom. The normalized spacial score (nSPS) is 18.6. The average Bonchev–Trinajstić information content (AvgIpc) is 2.96. The van der Waals surface area contributed by atoms with E-state index in [-0.39, 0.29) is 17.7 Å². The van der Waals surface area contributed by atoms with Gasteiger partial charge in [-0.2, -0.15) is 0 Å². The standard InChI is InChI=1S/C31H40Cl4N4O2/c1-36(2)30(41)31(39-15-5-4-6-16-39)13-18-38(19-14-31)17-12-23(22-10-11-24(32)27(35)20-22)21-37(3)29(40)28-25(33)8-7-9-26(28)34/h7-11,20,23H,4-6,12-19,21H2,1-3H3. The molecule has 0 aromatic heterocycles. The zero-order valence-electron chi connectivity index (χ0n) is 24.1. The lowest BCUT2D eigenvalue weighted by Crippen LogP contribution is -2.64. The van der Waals surface area contributed by atoms with Gasteiger partial charge in [0.2, 0.25) is 5.91 Å². The van der Waals surface area contributed by atoms with Crippen molar-refractivity contribution in [3.8, 4) is 0 Å². The second kappa shape index (κ2) is 14.3. The molecule has 4 rings (SSSR count).